The number of methoxy groups -OCH3 is 1. The van der Waals surface area contributed by atoms with Gasteiger partial charge in [0.2, 0.25) is 0 Å². The van der Waals surface area contributed by atoms with Crippen LogP contribution in [-0.2, 0) is 6.42 Å². The average Bonchev–Trinajstić information content (AvgIpc) is 2.09. The molecule has 0 saturated carbocycles. The Morgan fingerprint density at radius 1 is 1.57 bits per heavy atom. The normalized spacial score (nSPS) is 12.6. The third-order valence-electron chi connectivity index (χ3n) is 1.89. The highest BCUT2D eigenvalue weighted by atomic mass is 19.1. The summed E-state index contributed by atoms with van der Waals surface area (Å²) in [6, 6.07) is 2.42. The molecule has 0 radical (unpaired) electrons. The lowest BCUT2D eigenvalue weighted by Gasteiger charge is -2.10. The molecule has 0 aromatic heterocycles. The highest BCUT2D eigenvalue weighted by Crippen LogP contribution is 2.27. The van der Waals surface area contributed by atoms with Gasteiger partial charge in [0.05, 0.1) is 7.11 Å². The number of nitrogens with two attached hydrogens (primary N) is 1. The van der Waals surface area contributed by atoms with Crippen LogP contribution in [0.1, 0.15) is 12.5 Å². The molecule has 0 bridgehead atoms. The van der Waals surface area contributed by atoms with Gasteiger partial charge in [-0.15, -0.1) is 0 Å². The highest BCUT2D eigenvalue weighted by Gasteiger charge is 2.10. The monoisotopic (exact) mass is 199 g/mol. The molecule has 1 aromatic rings. The smallest absolute Gasteiger partial charge is 0.168 e. The van der Waals surface area contributed by atoms with Gasteiger partial charge in [-0.3, -0.25) is 0 Å². The first-order chi connectivity index (χ1) is 6.54. The second-order valence-corrected chi connectivity index (χ2v) is 3.30. The summed E-state index contributed by atoms with van der Waals surface area (Å²) in [4.78, 5) is 0. The van der Waals surface area contributed by atoms with E-state index in [1.807, 2.05) is 6.92 Å². The van der Waals surface area contributed by atoms with Crippen molar-refractivity contribution in [3.8, 4) is 11.5 Å². The molecule has 1 atom stereocenters. The predicted molar refractivity (Wildman–Crippen MR) is 52.0 cm³/mol. The van der Waals surface area contributed by atoms with Gasteiger partial charge in [0.25, 0.3) is 0 Å². The van der Waals surface area contributed by atoms with Gasteiger partial charge in [-0.25, -0.2) is 4.39 Å². The summed E-state index contributed by atoms with van der Waals surface area (Å²) in [6.45, 7) is 1.81. The largest absolute Gasteiger partial charge is 0.508 e. The van der Waals surface area contributed by atoms with E-state index in [0.717, 1.165) is 6.07 Å². The molecule has 3 N–H and O–H groups in total. The minimum Gasteiger partial charge on any atom is -0.508 e. The second-order valence-electron chi connectivity index (χ2n) is 3.30. The zero-order valence-electron chi connectivity index (χ0n) is 8.25. The van der Waals surface area contributed by atoms with Crippen LogP contribution in [0.2, 0.25) is 0 Å². The Kier molecular flexibility index (Phi) is 3.30. The predicted octanol–water partition coefficient (Wildman–Crippen LogP) is 1.43. The van der Waals surface area contributed by atoms with Crippen LogP contribution in [-0.4, -0.2) is 18.3 Å². The van der Waals surface area contributed by atoms with Crippen molar-refractivity contribution in [3.05, 3.63) is 23.5 Å². The number of phenolic OH excluding ortho intramolecular Hbond substituents is 1. The summed E-state index contributed by atoms with van der Waals surface area (Å²) in [5.41, 5.74) is 6.17. The number of benzene rings is 1. The first-order valence-electron chi connectivity index (χ1n) is 4.35. The summed E-state index contributed by atoms with van der Waals surface area (Å²) < 4.78 is 17.8. The number of aromatic hydroxyl groups is 1. The van der Waals surface area contributed by atoms with Crippen molar-refractivity contribution < 1.29 is 14.2 Å². The van der Waals surface area contributed by atoms with Crippen LogP contribution in [0.25, 0.3) is 0 Å². The quantitative estimate of drug-likeness (QED) is 0.774. The highest BCUT2D eigenvalue weighted by molar-refractivity contribution is 5.40. The van der Waals surface area contributed by atoms with Gasteiger partial charge in [0.1, 0.15) is 5.75 Å². The maximum Gasteiger partial charge on any atom is 0.168 e. The number of hydrogen-bond acceptors (Lipinski definition) is 3. The Hall–Kier alpha value is -1.29. The number of ether oxygens (including phenoxy) is 1. The SMILES string of the molecule is COc1cc(CC(C)N)c(O)cc1F. The fourth-order valence-corrected chi connectivity index (χ4v) is 1.25. The Morgan fingerprint density at radius 2 is 2.21 bits per heavy atom. The molecule has 0 aliphatic heterocycles. The van der Waals surface area contributed by atoms with Crippen molar-refractivity contribution in [2.24, 2.45) is 5.73 Å². The molecule has 0 amide bonds. The van der Waals surface area contributed by atoms with E-state index in [2.05, 4.69) is 0 Å². The van der Waals surface area contributed by atoms with Crippen LogP contribution in [0.3, 0.4) is 0 Å². The minimum absolute atomic E-state index is 0.0828. The van der Waals surface area contributed by atoms with E-state index in [-0.39, 0.29) is 17.5 Å². The molecule has 0 aliphatic carbocycles. The summed E-state index contributed by atoms with van der Waals surface area (Å²) in [7, 11) is 1.38. The van der Waals surface area contributed by atoms with Gasteiger partial charge in [-0.05, 0) is 25.0 Å². The second kappa shape index (κ2) is 4.28. The first-order valence-corrected chi connectivity index (χ1v) is 4.35. The Morgan fingerprint density at radius 3 is 2.71 bits per heavy atom. The molecule has 0 spiro atoms. The molecular formula is C10H14FNO2. The molecule has 0 heterocycles. The van der Waals surface area contributed by atoms with Gasteiger partial charge >= 0.3 is 0 Å². The van der Waals surface area contributed by atoms with E-state index >= 15 is 0 Å². The number of halogens is 1. The minimum atomic E-state index is -0.571. The topological polar surface area (TPSA) is 55.5 Å². The molecule has 1 aromatic carbocycles. The van der Waals surface area contributed by atoms with Crippen LogP contribution in [0, 0.1) is 5.82 Å². The lowest BCUT2D eigenvalue weighted by molar-refractivity contribution is 0.380. The van der Waals surface area contributed by atoms with Crippen molar-refractivity contribution in [1.82, 2.24) is 0 Å². The maximum atomic E-state index is 13.1. The molecule has 0 aliphatic rings. The molecule has 3 nitrogen and oxygen atoms in total. The third-order valence-corrected chi connectivity index (χ3v) is 1.89. The van der Waals surface area contributed by atoms with E-state index in [9.17, 15) is 9.50 Å². The molecular weight excluding hydrogens is 185 g/mol. The van der Waals surface area contributed by atoms with Crippen molar-refractivity contribution in [2.45, 2.75) is 19.4 Å². The van der Waals surface area contributed by atoms with Crippen LogP contribution in [0.5, 0.6) is 11.5 Å². The van der Waals surface area contributed by atoms with E-state index in [4.69, 9.17) is 10.5 Å². The molecule has 1 rings (SSSR count). The summed E-state index contributed by atoms with van der Waals surface area (Å²) in [6.07, 6.45) is 0.489. The molecule has 14 heavy (non-hydrogen) atoms. The maximum absolute atomic E-state index is 13.1. The molecule has 0 fully saturated rings. The van der Waals surface area contributed by atoms with Gasteiger partial charge in [0.15, 0.2) is 11.6 Å². The van der Waals surface area contributed by atoms with Crippen molar-refractivity contribution in [2.75, 3.05) is 7.11 Å². The van der Waals surface area contributed by atoms with E-state index in [1.165, 1.54) is 13.2 Å². The number of phenols is 1. The number of hydrogen-bond donors (Lipinski definition) is 2. The van der Waals surface area contributed by atoms with E-state index in [0.29, 0.717) is 12.0 Å². The van der Waals surface area contributed by atoms with Gasteiger partial charge in [-0.2, -0.15) is 0 Å². The fourth-order valence-electron chi connectivity index (χ4n) is 1.25. The fraction of sp³-hybridized carbons (Fsp3) is 0.400. The molecule has 78 valence electrons. The molecule has 1 unspecified atom stereocenters. The number of rotatable bonds is 3. The summed E-state index contributed by atoms with van der Waals surface area (Å²) in [5.74, 6) is -0.530. The molecule has 4 heteroatoms. The van der Waals surface area contributed by atoms with Gasteiger partial charge < -0.3 is 15.6 Å². The van der Waals surface area contributed by atoms with Crippen molar-refractivity contribution in [1.29, 1.82) is 0 Å². The van der Waals surface area contributed by atoms with Crippen LogP contribution >= 0.6 is 0 Å². The van der Waals surface area contributed by atoms with Crippen molar-refractivity contribution >= 4 is 0 Å². The zero-order chi connectivity index (χ0) is 10.7. The lowest BCUT2D eigenvalue weighted by atomic mass is 10.1. The Balaban J connectivity index is 3.04. The van der Waals surface area contributed by atoms with Gasteiger partial charge in [0, 0.05) is 12.1 Å². The third kappa shape index (κ3) is 2.35. The lowest BCUT2D eigenvalue weighted by Crippen LogP contribution is -2.17. The van der Waals surface area contributed by atoms with E-state index < -0.39 is 5.82 Å². The van der Waals surface area contributed by atoms with Crippen LogP contribution in [0.15, 0.2) is 12.1 Å². The standard InChI is InChI=1S/C10H14FNO2/c1-6(12)3-7-4-10(14-2)8(11)5-9(7)13/h4-6,13H,3,12H2,1-2H3. The Bertz CT molecular complexity index is 326. The first kappa shape index (κ1) is 10.8. The summed E-state index contributed by atoms with van der Waals surface area (Å²) >= 11 is 0. The van der Waals surface area contributed by atoms with Crippen LogP contribution < -0.4 is 10.5 Å². The van der Waals surface area contributed by atoms with Crippen molar-refractivity contribution in [3.63, 3.8) is 0 Å². The van der Waals surface area contributed by atoms with Crippen LogP contribution in [0.4, 0.5) is 4.39 Å². The molecule has 0 saturated heterocycles. The van der Waals surface area contributed by atoms with Gasteiger partial charge in [-0.1, -0.05) is 0 Å². The Labute approximate surface area is 82.3 Å². The zero-order valence-corrected chi connectivity index (χ0v) is 8.25. The van der Waals surface area contributed by atoms with E-state index in [1.54, 1.807) is 0 Å². The average molecular weight is 199 g/mol. The summed E-state index contributed by atoms with van der Waals surface area (Å²) in [5, 5.41) is 9.41.